The molecule has 0 unspecified atom stereocenters. The molecule has 0 amide bonds. The summed E-state index contributed by atoms with van der Waals surface area (Å²) in [5.74, 6) is 1.24. The van der Waals surface area contributed by atoms with Crippen LogP contribution in [0.1, 0.15) is 12.5 Å². The number of methoxy groups -OCH3 is 2. The van der Waals surface area contributed by atoms with Gasteiger partial charge >= 0.3 is 0 Å². The molecule has 0 bridgehead atoms. The zero-order valence-electron chi connectivity index (χ0n) is 16.8. The molecular formula is C20H24N2O5S2. The van der Waals surface area contributed by atoms with Crippen LogP contribution in [0.2, 0.25) is 0 Å². The van der Waals surface area contributed by atoms with Crippen molar-refractivity contribution in [2.75, 3.05) is 27.4 Å². The molecule has 0 saturated carbocycles. The van der Waals surface area contributed by atoms with Crippen LogP contribution >= 0.6 is 11.3 Å². The van der Waals surface area contributed by atoms with E-state index in [0.717, 1.165) is 15.8 Å². The van der Waals surface area contributed by atoms with E-state index in [9.17, 15) is 8.42 Å². The maximum atomic E-state index is 12.9. The highest BCUT2D eigenvalue weighted by molar-refractivity contribution is 7.90. The van der Waals surface area contributed by atoms with Gasteiger partial charge in [-0.2, -0.15) is 8.42 Å². The van der Waals surface area contributed by atoms with E-state index >= 15 is 0 Å². The largest absolute Gasteiger partial charge is 0.495 e. The van der Waals surface area contributed by atoms with E-state index in [0.29, 0.717) is 36.1 Å². The lowest BCUT2D eigenvalue weighted by Gasteiger charge is -2.10. The van der Waals surface area contributed by atoms with Crippen molar-refractivity contribution in [1.29, 1.82) is 0 Å². The smallest absolute Gasteiger partial charge is 0.285 e. The predicted molar refractivity (Wildman–Crippen MR) is 113 cm³/mol. The van der Waals surface area contributed by atoms with Crippen molar-refractivity contribution >= 4 is 31.6 Å². The number of benzene rings is 2. The Labute approximate surface area is 174 Å². The summed E-state index contributed by atoms with van der Waals surface area (Å²) in [6.07, 6.45) is 0. The Morgan fingerprint density at radius 2 is 1.69 bits per heavy atom. The van der Waals surface area contributed by atoms with E-state index in [1.165, 1.54) is 11.3 Å². The lowest BCUT2D eigenvalue weighted by Crippen LogP contribution is -2.20. The van der Waals surface area contributed by atoms with Gasteiger partial charge in [-0.1, -0.05) is 29.0 Å². The number of aromatic nitrogens is 1. The number of thiazole rings is 1. The van der Waals surface area contributed by atoms with E-state index in [1.54, 1.807) is 50.6 Å². The Morgan fingerprint density at radius 3 is 2.31 bits per heavy atom. The fourth-order valence-electron chi connectivity index (χ4n) is 2.90. The zero-order chi connectivity index (χ0) is 21.0. The Balaban J connectivity index is 2.26. The second-order valence-electron chi connectivity index (χ2n) is 6.26. The van der Waals surface area contributed by atoms with Crippen LogP contribution in [-0.4, -0.2) is 40.4 Å². The summed E-state index contributed by atoms with van der Waals surface area (Å²) in [7, 11) is -0.728. The van der Waals surface area contributed by atoms with E-state index in [2.05, 4.69) is 4.40 Å². The molecule has 0 aliphatic rings. The Kier molecular flexibility index (Phi) is 6.61. The van der Waals surface area contributed by atoms with Crippen molar-refractivity contribution in [2.24, 2.45) is 4.40 Å². The molecule has 3 aromatic rings. The van der Waals surface area contributed by atoms with Gasteiger partial charge in [-0.3, -0.25) is 0 Å². The molecule has 0 aliphatic carbocycles. The Hall–Kier alpha value is -2.36. The van der Waals surface area contributed by atoms with Crippen molar-refractivity contribution < 1.29 is 22.6 Å². The van der Waals surface area contributed by atoms with Crippen LogP contribution in [0.3, 0.4) is 0 Å². The van der Waals surface area contributed by atoms with E-state index in [-0.39, 0.29) is 4.90 Å². The van der Waals surface area contributed by atoms with Crippen LogP contribution in [0, 0.1) is 6.92 Å². The second kappa shape index (κ2) is 8.98. The lowest BCUT2D eigenvalue weighted by atomic mass is 10.2. The molecule has 29 heavy (non-hydrogen) atoms. The molecule has 0 saturated heterocycles. The van der Waals surface area contributed by atoms with E-state index < -0.39 is 10.0 Å². The van der Waals surface area contributed by atoms with Crippen LogP contribution in [-0.2, 0) is 21.3 Å². The SMILES string of the molecule is CCOCCn1/c(=N/S(=O)(=O)c2ccc(C)cc2)sc2c(OC)ccc(OC)c21. The van der Waals surface area contributed by atoms with Gasteiger partial charge in [-0.05, 0) is 38.1 Å². The van der Waals surface area contributed by atoms with Gasteiger partial charge < -0.3 is 18.8 Å². The molecule has 7 nitrogen and oxygen atoms in total. The van der Waals surface area contributed by atoms with Crippen molar-refractivity contribution in [3.8, 4) is 11.5 Å². The van der Waals surface area contributed by atoms with Crippen LogP contribution in [0.5, 0.6) is 11.5 Å². The first kappa shape index (κ1) is 21.4. The number of sulfonamides is 1. The molecule has 0 N–H and O–H groups in total. The summed E-state index contributed by atoms with van der Waals surface area (Å²) in [6, 6.07) is 10.2. The van der Waals surface area contributed by atoms with Crippen molar-refractivity contribution in [3.05, 3.63) is 46.8 Å². The minimum absolute atomic E-state index is 0.149. The quantitative estimate of drug-likeness (QED) is 0.506. The summed E-state index contributed by atoms with van der Waals surface area (Å²) in [5, 5.41) is 0. The molecule has 1 heterocycles. The van der Waals surface area contributed by atoms with Gasteiger partial charge in [0.25, 0.3) is 10.0 Å². The van der Waals surface area contributed by atoms with Gasteiger partial charge in [0.1, 0.15) is 21.7 Å². The number of nitrogens with zero attached hydrogens (tertiary/aromatic N) is 2. The fraction of sp³-hybridized carbons (Fsp3) is 0.350. The van der Waals surface area contributed by atoms with Gasteiger partial charge in [0.2, 0.25) is 4.80 Å². The normalized spacial score (nSPS) is 12.5. The van der Waals surface area contributed by atoms with Gasteiger partial charge in [0, 0.05) is 13.2 Å². The minimum Gasteiger partial charge on any atom is -0.495 e. The lowest BCUT2D eigenvalue weighted by molar-refractivity contribution is 0.139. The standard InChI is InChI=1S/C20H24N2O5S2/c1-5-27-13-12-22-18-16(25-3)10-11-17(26-4)19(18)28-20(22)21-29(23,24)15-8-6-14(2)7-9-15/h6-11H,5,12-13H2,1-4H3/b21-20-. The molecule has 3 rings (SSSR count). The first-order valence-electron chi connectivity index (χ1n) is 9.11. The molecule has 0 fully saturated rings. The van der Waals surface area contributed by atoms with Gasteiger partial charge in [-0.25, -0.2) is 0 Å². The third kappa shape index (κ3) is 4.47. The van der Waals surface area contributed by atoms with Gasteiger partial charge in [0.05, 0.1) is 25.7 Å². The average molecular weight is 437 g/mol. The van der Waals surface area contributed by atoms with Crippen LogP contribution in [0.4, 0.5) is 0 Å². The van der Waals surface area contributed by atoms with Crippen molar-refractivity contribution in [3.63, 3.8) is 0 Å². The summed E-state index contributed by atoms with van der Waals surface area (Å²) in [4.78, 5) is 0.485. The second-order valence-corrected chi connectivity index (χ2v) is 8.84. The summed E-state index contributed by atoms with van der Waals surface area (Å²) in [5.41, 5.74) is 1.71. The highest BCUT2D eigenvalue weighted by atomic mass is 32.2. The van der Waals surface area contributed by atoms with Gasteiger partial charge in [0.15, 0.2) is 0 Å². The minimum atomic E-state index is -3.88. The molecular weight excluding hydrogens is 412 g/mol. The molecule has 0 atom stereocenters. The molecule has 0 spiro atoms. The zero-order valence-corrected chi connectivity index (χ0v) is 18.5. The maximum absolute atomic E-state index is 12.9. The average Bonchev–Trinajstić information content (AvgIpc) is 3.05. The van der Waals surface area contributed by atoms with Crippen molar-refractivity contribution in [1.82, 2.24) is 4.57 Å². The van der Waals surface area contributed by atoms with E-state index in [1.807, 2.05) is 18.4 Å². The summed E-state index contributed by atoms with van der Waals surface area (Å²) in [6.45, 7) is 5.23. The van der Waals surface area contributed by atoms with Crippen LogP contribution in [0.25, 0.3) is 10.2 Å². The van der Waals surface area contributed by atoms with Crippen LogP contribution < -0.4 is 14.3 Å². The Morgan fingerprint density at radius 1 is 1.03 bits per heavy atom. The number of hydrogen-bond acceptors (Lipinski definition) is 6. The fourth-order valence-corrected chi connectivity index (χ4v) is 5.27. The molecule has 156 valence electrons. The molecule has 0 radical (unpaired) electrons. The third-order valence-corrected chi connectivity index (χ3v) is 6.86. The number of fused-ring (bicyclic) bond motifs is 1. The summed E-state index contributed by atoms with van der Waals surface area (Å²) >= 11 is 1.24. The first-order chi connectivity index (χ1) is 13.9. The predicted octanol–water partition coefficient (Wildman–Crippen LogP) is 3.35. The van der Waals surface area contributed by atoms with Crippen LogP contribution in [0.15, 0.2) is 45.7 Å². The number of ether oxygens (including phenoxy) is 3. The Bertz CT molecular complexity index is 1160. The van der Waals surface area contributed by atoms with Gasteiger partial charge in [-0.15, -0.1) is 4.40 Å². The number of rotatable bonds is 8. The first-order valence-corrected chi connectivity index (χ1v) is 11.4. The molecule has 0 aliphatic heterocycles. The molecule has 2 aromatic carbocycles. The highest BCUT2D eigenvalue weighted by Crippen LogP contribution is 2.35. The molecule has 9 heteroatoms. The number of aryl methyl sites for hydroxylation is 1. The monoisotopic (exact) mass is 436 g/mol. The topological polar surface area (TPSA) is 79.1 Å². The molecule has 1 aromatic heterocycles. The third-order valence-electron chi connectivity index (χ3n) is 4.37. The number of hydrogen-bond donors (Lipinski definition) is 0. The van der Waals surface area contributed by atoms with E-state index in [4.69, 9.17) is 14.2 Å². The maximum Gasteiger partial charge on any atom is 0.285 e. The highest BCUT2D eigenvalue weighted by Gasteiger charge is 2.19. The summed E-state index contributed by atoms with van der Waals surface area (Å²) < 4.78 is 49.0. The van der Waals surface area contributed by atoms with Crippen molar-refractivity contribution in [2.45, 2.75) is 25.3 Å².